The Morgan fingerprint density at radius 3 is 3.07 bits per heavy atom. The van der Waals surface area contributed by atoms with Crippen molar-refractivity contribution in [3.8, 4) is 0 Å². The number of aliphatic hydroxyl groups excluding tert-OH is 1. The highest BCUT2D eigenvalue weighted by Crippen LogP contribution is 2.56. The molecule has 4 nitrogen and oxygen atoms in total. The molecular weight excluding hydrogens is 366 g/mol. The quantitative estimate of drug-likeness (QED) is 0.798. The Hall–Kier alpha value is -1.56. The van der Waals surface area contributed by atoms with Crippen LogP contribution in [-0.4, -0.2) is 41.0 Å². The summed E-state index contributed by atoms with van der Waals surface area (Å²) in [6.45, 7) is 3.33. The number of para-hydroxylation sites is 1. The van der Waals surface area contributed by atoms with E-state index in [1.165, 1.54) is 35.7 Å². The standard InChI is InChI=1S/C23H29N3OS/c27-20(17-7-11-24-12-8-17)5-2-9-23-10-13-25-16-19(23)18-4-1-6-21-22(18)26(23)14-3-15-28-21/h1,4,6-8,11-12,19-20,25,27H,2-3,5,9-10,13-16H2/t19-,20?,23-/m0/s1. The minimum atomic E-state index is -0.390. The van der Waals surface area contributed by atoms with Crippen LogP contribution in [0.4, 0.5) is 5.69 Å². The Morgan fingerprint density at radius 1 is 1.29 bits per heavy atom. The second-order valence-corrected chi connectivity index (χ2v) is 9.48. The molecule has 0 amide bonds. The average Bonchev–Trinajstić information content (AvgIpc) is 2.86. The molecule has 0 aliphatic carbocycles. The van der Waals surface area contributed by atoms with Gasteiger partial charge in [-0.2, -0.15) is 0 Å². The number of anilines is 1. The third-order valence-corrected chi connectivity index (χ3v) is 8.04. The van der Waals surface area contributed by atoms with E-state index < -0.39 is 6.10 Å². The summed E-state index contributed by atoms with van der Waals surface area (Å²) in [7, 11) is 0. The lowest BCUT2D eigenvalue weighted by atomic mass is 9.73. The van der Waals surface area contributed by atoms with Crippen molar-refractivity contribution in [1.29, 1.82) is 0 Å². The van der Waals surface area contributed by atoms with Gasteiger partial charge in [0.05, 0.1) is 11.8 Å². The Kier molecular flexibility index (Phi) is 5.07. The van der Waals surface area contributed by atoms with Crippen LogP contribution in [0.1, 0.15) is 55.3 Å². The summed E-state index contributed by atoms with van der Waals surface area (Å²) < 4.78 is 0. The lowest BCUT2D eigenvalue weighted by Crippen LogP contribution is -2.56. The van der Waals surface area contributed by atoms with Crippen molar-refractivity contribution in [2.45, 2.75) is 54.6 Å². The Labute approximate surface area is 171 Å². The van der Waals surface area contributed by atoms with Crippen molar-refractivity contribution < 1.29 is 5.11 Å². The number of aromatic nitrogens is 1. The second-order valence-electron chi connectivity index (χ2n) is 8.35. The van der Waals surface area contributed by atoms with Crippen molar-refractivity contribution in [1.82, 2.24) is 10.3 Å². The van der Waals surface area contributed by atoms with E-state index in [0.29, 0.717) is 5.92 Å². The second kappa shape index (κ2) is 7.69. The van der Waals surface area contributed by atoms with E-state index in [1.54, 1.807) is 18.0 Å². The molecule has 5 rings (SSSR count). The number of benzene rings is 1. The van der Waals surface area contributed by atoms with Gasteiger partial charge in [-0.05, 0) is 73.7 Å². The van der Waals surface area contributed by atoms with E-state index in [4.69, 9.17) is 0 Å². The first-order valence-corrected chi connectivity index (χ1v) is 11.6. The highest BCUT2D eigenvalue weighted by molar-refractivity contribution is 7.99. The number of rotatable bonds is 5. The third kappa shape index (κ3) is 3.04. The van der Waals surface area contributed by atoms with Crippen LogP contribution in [0.3, 0.4) is 0 Å². The maximum atomic E-state index is 10.6. The summed E-state index contributed by atoms with van der Waals surface area (Å²) in [5.74, 6) is 1.78. The topological polar surface area (TPSA) is 48.4 Å². The zero-order chi connectivity index (χ0) is 19.0. The summed E-state index contributed by atoms with van der Waals surface area (Å²) in [6, 6.07) is 10.8. The van der Waals surface area contributed by atoms with Gasteiger partial charge in [-0.15, -0.1) is 11.8 Å². The van der Waals surface area contributed by atoms with Crippen LogP contribution >= 0.6 is 11.8 Å². The van der Waals surface area contributed by atoms with E-state index in [0.717, 1.165) is 37.9 Å². The predicted octanol–water partition coefficient (Wildman–Crippen LogP) is 4.12. The van der Waals surface area contributed by atoms with Gasteiger partial charge in [0.15, 0.2) is 0 Å². The van der Waals surface area contributed by atoms with Crippen LogP contribution in [0.25, 0.3) is 0 Å². The fraction of sp³-hybridized carbons (Fsp3) is 0.522. The molecule has 1 fully saturated rings. The van der Waals surface area contributed by atoms with Gasteiger partial charge in [0.2, 0.25) is 0 Å². The molecule has 1 unspecified atom stereocenters. The molecule has 3 aliphatic rings. The number of nitrogens with one attached hydrogen (secondary N) is 1. The zero-order valence-corrected chi connectivity index (χ0v) is 17.1. The van der Waals surface area contributed by atoms with E-state index in [9.17, 15) is 5.11 Å². The van der Waals surface area contributed by atoms with Crippen LogP contribution < -0.4 is 10.2 Å². The monoisotopic (exact) mass is 395 g/mol. The number of hydrogen-bond donors (Lipinski definition) is 2. The summed E-state index contributed by atoms with van der Waals surface area (Å²) in [6.07, 6.45) is 8.61. The lowest BCUT2D eigenvalue weighted by Gasteiger charge is -2.47. The fourth-order valence-corrected chi connectivity index (χ4v) is 6.65. The minimum absolute atomic E-state index is 0.215. The number of pyridine rings is 1. The molecule has 2 N–H and O–H groups in total. The van der Waals surface area contributed by atoms with Gasteiger partial charge in [-0.1, -0.05) is 12.1 Å². The maximum absolute atomic E-state index is 10.6. The average molecular weight is 396 g/mol. The maximum Gasteiger partial charge on any atom is 0.0791 e. The predicted molar refractivity (Wildman–Crippen MR) is 115 cm³/mol. The minimum Gasteiger partial charge on any atom is -0.388 e. The van der Waals surface area contributed by atoms with Crippen LogP contribution in [0, 0.1) is 0 Å². The molecule has 2 aromatic rings. The normalized spacial score (nSPS) is 27.0. The molecule has 3 aliphatic heterocycles. The van der Waals surface area contributed by atoms with Crippen molar-refractivity contribution in [3.63, 3.8) is 0 Å². The summed E-state index contributed by atoms with van der Waals surface area (Å²) >= 11 is 2.03. The van der Waals surface area contributed by atoms with E-state index in [1.807, 2.05) is 23.9 Å². The molecule has 1 saturated heterocycles. The van der Waals surface area contributed by atoms with Crippen molar-refractivity contribution >= 4 is 17.4 Å². The van der Waals surface area contributed by atoms with Crippen molar-refractivity contribution in [2.24, 2.45) is 0 Å². The highest BCUT2D eigenvalue weighted by atomic mass is 32.2. The number of hydrogen-bond acceptors (Lipinski definition) is 5. The highest BCUT2D eigenvalue weighted by Gasteiger charge is 2.52. The first-order chi connectivity index (χ1) is 13.8. The molecule has 0 saturated carbocycles. The number of piperidine rings is 1. The van der Waals surface area contributed by atoms with Crippen LogP contribution in [0.2, 0.25) is 0 Å². The molecule has 1 aromatic heterocycles. The van der Waals surface area contributed by atoms with Crippen LogP contribution in [0.15, 0.2) is 47.6 Å². The molecule has 0 radical (unpaired) electrons. The largest absolute Gasteiger partial charge is 0.388 e. The van der Waals surface area contributed by atoms with Gasteiger partial charge in [-0.25, -0.2) is 0 Å². The Bertz CT molecular complexity index is 830. The number of aliphatic hydroxyl groups is 1. The van der Waals surface area contributed by atoms with Crippen LogP contribution in [0.5, 0.6) is 0 Å². The first kappa shape index (κ1) is 18.5. The van der Waals surface area contributed by atoms with Gasteiger partial charge in [0, 0.05) is 41.8 Å². The number of thioether (sulfide) groups is 1. The van der Waals surface area contributed by atoms with Gasteiger partial charge in [0.25, 0.3) is 0 Å². The molecule has 0 spiro atoms. The summed E-state index contributed by atoms with van der Waals surface area (Å²) in [5.41, 5.74) is 4.27. The molecule has 1 aromatic carbocycles. The van der Waals surface area contributed by atoms with E-state index in [2.05, 4.69) is 33.4 Å². The molecule has 5 heteroatoms. The molecule has 28 heavy (non-hydrogen) atoms. The molecule has 0 bridgehead atoms. The molecule has 4 heterocycles. The van der Waals surface area contributed by atoms with E-state index in [-0.39, 0.29) is 5.54 Å². The van der Waals surface area contributed by atoms with Gasteiger partial charge < -0.3 is 15.3 Å². The smallest absolute Gasteiger partial charge is 0.0791 e. The van der Waals surface area contributed by atoms with Crippen molar-refractivity contribution in [2.75, 3.05) is 30.3 Å². The van der Waals surface area contributed by atoms with E-state index >= 15 is 0 Å². The zero-order valence-electron chi connectivity index (χ0n) is 16.3. The molecule has 3 atom stereocenters. The summed E-state index contributed by atoms with van der Waals surface area (Å²) in [4.78, 5) is 8.32. The van der Waals surface area contributed by atoms with Gasteiger partial charge >= 0.3 is 0 Å². The van der Waals surface area contributed by atoms with Gasteiger partial charge in [0.1, 0.15) is 0 Å². The Morgan fingerprint density at radius 2 is 2.18 bits per heavy atom. The lowest BCUT2D eigenvalue weighted by molar-refractivity contribution is 0.154. The van der Waals surface area contributed by atoms with Crippen molar-refractivity contribution in [3.05, 3.63) is 53.9 Å². The summed E-state index contributed by atoms with van der Waals surface area (Å²) in [5, 5.41) is 14.3. The molecular formula is C23H29N3OS. The molecule has 148 valence electrons. The first-order valence-electron chi connectivity index (χ1n) is 10.6. The SMILES string of the molecule is OC(CCC[C@]12CCNC[C@H]1c1cccc3c1N2CCCS3)c1ccncc1. The Balaban J connectivity index is 1.40. The fourth-order valence-electron chi connectivity index (χ4n) is 5.61. The number of fused-ring (bicyclic) bond motifs is 3. The number of nitrogens with zero attached hydrogens (tertiary/aromatic N) is 2. The van der Waals surface area contributed by atoms with Crippen LogP contribution in [-0.2, 0) is 0 Å². The van der Waals surface area contributed by atoms with Gasteiger partial charge in [-0.3, -0.25) is 4.98 Å². The third-order valence-electron chi connectivity index (χ3n) is 6.91.